The third-order valence-corrected chi connectivity index (χ3v) is 2.01. The number of nitrogens with zero attached hydrogens (tertiary/aromatic N) is 4. The van der Waals surface area contributed by atoms with Gasteiger partial charge in [0.15, 0.2) is 0 Å². The van der Waals surface area contributed by atoms with E-state index in [2.05, 4.69) is 15.0 Å². The van der Waals surface area contributed by atoms with Crippen LogP contribution in [0, 0.1) is 6.92 Å². The summed E-state index contributed by atoms with van der Waals surface area (Å²) < 4.78 is 6.01. The Morgan fingerprint density at radius 3 is 2.81 bits per heavy atom. The van der Waals surface area contributed by atoms with E-state index in [-0.39, 0.29) is 6.01 Å². The van der Waals surface area contributed by atoms with Gasteiger partial charge in [0.25, 0.3) is 0 Å². The van der Waals surface area contributed by atoms with Crippen LogP contribution >= 0.6 is 0 Å². The number of pyridine rings is 1. The van der Waals surface area contributed by atoms with Crippen LogP contribution in [0.25, 0.3) is 5.82 Å². The molecule has 16 heavy (non-hydrogen) atoms. The van der Waals surface area contributed by atoms with Crippen molar-refractivity contribution >= 4 is 0 Å². The van der Waals surface area contributed by atoms with Crippen molar-refractivity contribution in [3.05, 3.63) is 40.7 Å². The predicted molar refractivity (Wildman–Crippen MR) is 56.7 cm³/mol. The molecule has 0 N–H and O–H groups in total. The molecule has 6 nitrogen and oxygen atoms in total. The third-order valence-electron chi connectivity index (χ3n) is 2.01. The van der Waals surface area contributed by atoms with Crippen molar-refractivity contribution in [3.63, 3.8) is 0 Å². The summed E-state index contributed by atoms with van der Waals surface area (Å²) in [5.41, 5.74) is 0.540. The van der Waals surface area contributed by atoms with Gasteiger partial charge >= 0.3 is 11.7 Å². The summed E-state index contributed by atoms with van der Waals surface area (Å²) in [6.45, 7) is 1.92. The molecule has 2 rings (SSSR count). The topological polar surface area (TPSA) is 69.9 Å². The van der Waals surface area contributed by atoms with Crippen molar-refractivity contribution in [1.29, 1.82) is 0 Å². The maximum atomic E-state index is 11.6. The highest BCUT2D eigenvalue weighted by molar-refractivity contribution is 5.26. The molecule has 0 spiro atoms. The molecule has 0 fully saturated rings. The lowest BCUT2D eigenvalue weighted by atomic mass is 10.3. The Morgan fingerprint density at radius 2 is 2.19 bits per heavy atom. The molecule has 0 saturated carbocycles. The molecule has 0 unspecified atom stereocenters. The molecule has 2 heterocycles. The molecule has 2 aromatic rings. The van der Waals surface area contributed by atoms with Crippen LogP contribution < -0.4 is 10.4 Å². The molecule has 2 aromatic heterocycles. The average molecular weight is 218 g/mol. The quantitative estimate of drug-likeness (QED) is 0.727. The van der Waals surface area contributed by atoms with Crippen LogP contribution in [0.3, 0.4) is 0 Å². The summed E-state index contributed by atoms with van der Waals surface area (Å²) in [4.78, 5) is 23.2. The number of aromatic nitrogens is 4. The van der Waals surface area contributed by atoms with Crippen LogP contribution in [0.2, 0.25) is 0 Å². The maximum Gasteiger partial charge on any atom is 0.359 e. The second kappa shape index (κ2) is 4.09. The van der Waals surface area contributed by atoms with Crippen molar-refractivity contribution < 1.29 is 4.74 Å². The Labute approximate surface area is 91.6 Å². The summed E-state index contributed by atoms with van der Waals surface area (Å²) >= 11 is 0. The molecule has 0 aromatic carbocycles. The van der Waals surface area contributed by atoms with E-state index in [0.29, 0.717) is 5.82 Å². The molecule has 0 saturated heterocycles. The van der Waals surface area contributed by atoms with Gasteiger partial charge in [-0.05, 0) is 24.6 Å². The highest BCUT2D eigenvalue weighted by Crippen LogP contribution is 2.03. The molecule has 0 aliphatic heterocycles. The Kier molecular flexibility index (Phi) is 2.63. The van der Waals surface area contributed by atoms with Gasteiger partial charge in [0, 0.05) is 6.20 Å². The Hall–Kier alpha value is -2.24. The monoisotopic (exact) mass is 218 g/mol. The lowest BCUT2D eigenvalue weighted by Crippen LogP contribution is -2.23. The largest absolute Gasteiger partial charge is 0.467 e. The zero-order chi connectivity index (χ0) is 11.5. The minimum Gasteiger partial charge on any atom is -0.467 e. The zero-order valence-electron chi connectivity index (χ0n) is 8.91. The number of aryl methyl sites for hydroxylation is 1. The number of rotatable bonds is 2. The first kappa shape index (κ1) is 10.3. The molecule has 82 valence electrons. The Morgan fingerprint density at radius 1 is 1.38 bits per heavy atom. The average Bonchev–Trinajstić information content (AvgIpc) is 2.28. The highest BCUT2D eigenvalue weighted by atomic mass is 16.5. The Bertz CT molecular complexity index is 565. The number of methoxy groups -OCH3 is 1. The van der Waals surface area contributed by atoms with Crippen molar-refractivity contribution in [2.75, 3.05) is 7.11 Å². The summed E-state index contributed by atoms with van der Waals surface area (Å²) in [5, 5.41) is 0. The van der Waals surface area contributed by atoms with Crippen molar-refractivity contribution in [2.45, 2.75) is 6.92 Å². The van der Waals surface area contributed by atoms with E-state index in [1.54, 1.807) is 12.3 Å². The number of ether oxygens (including phenoxy) is 1. The van der Waals surface area contributed by atoms with Crippen LogP contribution in [0.1, 0.15) is 5.56 Å². The molecule has 0 radical (unpaired) electrons. The number of hydrogen-bond acceptors (Lipinski definition) is 5. The van der Waals surface area contributed by atoms with E-state index >= 15 is 0 Å². The van der Waals surface area contributed by atoms with E-state index in [9.17, 15) is 4.79 Å². The van der Waals surface area contributed by atoms with Gasteiger partial charge in [0.2, 0.25) is 0 Å². The number of hydrogen-bond donors (Lipinski definition) is 0. The van der Waals surface area contributed by atoms with Crippen LogP contribution in [-0.2, 0) is 0 Å². The SMILES string of the molecule is COc1ncn(-c2cc(C)ccn2)c(=O)n1. The van der Waals surface area contributed by atoms with E-state index in [1.807, 2.05) is 13.0 Å². The second-order valence-corrected chi connectivity index (χ2v) is 3.19. The van der Waals surface area contributed by atoms with Gasteiger partial charge in [0.05, 0.1) is 7.11 Å². The fourth-order valence-electron chi connectivity index (χ4n) is 1.23. The molecule has 0 amide bonds. The summed E-state index contributed by atoms with van der Waals surface area (Å²) in [6.07, 6.45) is 2.97. The van der Waals surface area contributed by atoms with Gasteiger partial charge in [-0.3, -0.25) is 0 Å². The second-order valence-electron chi connectivity index (χ2n) is 3.19. The zero-order valence-corrected chi connectivity index (χ0v) is 8.91. The fourth-order valence-corrected chi connectivity index (χ4v) is 1.23. The summed E-state index contributed by atoms with van der Waals surface area (Å²) in [5.74, 6) is 0.493. The predicted octanol–water partition coefficient (Wildman–Crippen LogP) is 0.340. The standard InChI is InChI=1S/C10H10N4O2/c1-7-3-4-11-8(5-7)14-6-12-9(16-2)13-10(14)15/h3-6H,1-2H3. The van der Waals surface area contributed by atoms with E-state index in [4.69, 9.17) is 4.74 Å². The van der Waals surface area contributed by atoms with Crippen LogP contribution in [0.5, 0.6) is 6.01 Å². The van der Waals surface area contributed by atoms with Gasteiger partial charge in [-0.15, -0.1) is 4.98 Å². The molecular formula is C10H10N4O2. The smallest absolute Gasteiger partial charge is 0.359 e. The van der Waals surface area contributed by atoms with Crippen LogP contribution in [0.15, 0.2) is 29.5 Å². The van der Waals surface area contributed by atoms with Crippen molar-refractivity contribution in [3.8, 4) is 11.8 Å². The van der Waals surface area contributed by atoms with Crippen molar-refractivity contribution in [1.82, 2.24) is 19.5 Å². The first-order valence-electron chi connectivity index (χ1n) is 4.63. The van der Waals surface area contributed by atoms with Gasteiger partial charge in [-0.2, -0.15) is 4.98 Å². The van der Waals surface area contributed by atoms with E-state index < -0.39 is 5.69 Å². The minimum absolute atomic E-state index is 0.0499. The van der Waals surface area contributed by atoms with Gasteiger partial charge in [-0.25, -0.2) is 14.3 Å². The Balaban J connectivity index is 2.53. The van der Waals surface area contributed by atoms with E-state index in [0.717, 1.165) is 5.56 Å². The van der Waals surface area contributed by atoms with Crippen LogP contribution in [-0.4, -0.2) is 26.6 Å². The molecule has 0 atom stereocenters. The van der Waals surface area contributed by atoms with Gasteiger partial charge < -0.3 is 4.74 Å². The maximum absolute atomic E-state index is 11.6. The summed E-state index contributed by atoms with van der Waals surface area (Å²) in [6, 6.07) is 3.67. The van der Waals surface area contributed by atoms with Crippen LogP contribution in [0.4, 0.5) is 0 Å². The molecule has 6 heteroatoms. The third kappa shape index (κ3) is 1.90. The highest BCUT2D eigenvalue weighted by Gasteiger charge is 2.04. The lowest BCUT2D eigenvalue weighted by Gasteiger charge is -2.04. The first-order chi connectivity index (χ1) is 7.70. The van der Waals surface area contributed by atoms with Crippen molar-refractivity contribution in [2.24, 2.45) is 0 Å². The van der Waals surface area contributed by atoms with Gasteiger partial charge in [-0.1, -0.05) is 0 Å². The van der Waals surface area contributed by atoms with E-state index in [1.165, 1.54) is 18.0 Å². The fraction of sp³-hybridized carbons (Fsp3) is 0.200. The summed E-state index contributed by atoms with van der Waals surface area (Å²) in [7, 11) is 1.41. The molecule has 0 aliphatic rings. The normalized spacial score (nSPS) is 10.1. The first-order valence-corrected chi connectivity index (χ1v) is 4.63. The minimum atomic E-state index is -0.468. The molecule has 0 aliphatic carbocycles. The lowest BCUT2D eigenvalue weighted by molar-refractivity contribution is 0.374. The van der Waals surface area contributed by atoms with Gasteiger partial charge in [0.1, 0.15) is 12.1 Å². The molecular weight excluding hydrogens is 208 g/mol. The molecule has 0 bridgehead atoms.